The first-order valence-corrected chi connectivity index (χ1v) is 6.14. The highest BCUT2D eigenvalue weighted by Crippen LogP contribution is 2.29. The van der Waals surface area contributed by atoms with Gasteiger partial charge in [-0.05, 0) is 31.5 Å². The normalized spacial score (nSPS) is 10.3. The van der Waals surface area contributed by atoms with Gasteiger partial charge in [-0.25, -0.2) is 4.39 Å². The molecule has 0 bridgehead atoms. The van der Waals surface area contributed by atoms with Crippen LogP contribution in [0.25, 0.3) is 11.1 Å². The topological polar surface area (TPSA) is 26.3 Å². The van der Waals surface area contributed by atoms with E-state index in [0.717, 1.165) is 11.8 Å². The average molecular weight is 258 g/mol. The van der Waals surface area contributed by atoms with E-state index in [0.29, 0.717) is 29.0 Å². The smallest absolute Gasteiger partial charge is 0.150 e. The summed E-state index contributed by atoms with van der Waals surface area (Å²) >= 11 is 0. The minimum atomic E-state index is -0.389. The van der Waals surface area contributed by atoms with Crippen LogP contribution in [0.3, 0.4) is 0 Å². The molecule has 0 unspecified atom stereocenters. The fourth-order valence-corrected chi connectivity index (χ4v) is 1.98. The molecule has 0 saturated heterocycles. The molecule has 0 fully saturated rings. The molecule has 0 N–H and O–H groups in total. The second-order valence-electron chi connectivity index (χ2n) is 4.28. The van der Waals surface area contributed by atoms with Crippen molar-refractivity contribution in [2.75, 3.05) is 6.61 Å². The van der Waals surface area contributed by atoms with Gasteiger partial charge in [-0.3, -0.25) is 4.79 Å². The van der Waals surface area contributed by atoms with Crippen molar-refractivity contribution in [1.29, 1.82) is 0 Å². The summed E-state index contributed by atoms with van der Waals surface area (Å²) in [4.78, 5) is 11.0. The number of aryl methyl sites for hydroxylation is 1. The SMILES string of the molecule is CCOc1ccc(-c2cc(C)ccc2C=O)c(F)c1. The van der Waals surface area contributed by atoms with Gasteiger partial charge in [0.05, 0.1) is 6.61 Å². The predicted molar refractivity (Wildman–Crippen MR) is 73.1 cm³/mol. The monoisotopic (exact) mass is 258 g/mol. The zero-order chi connectivity index (χ0) is 13.8. The molecule has 0 heterocycles. The first kappa shape index (κ1) is 13.3. The van der Waals surface area contributed by atoms with E-state index in [-0.39, 0.29) is 5.82 Å². The van der Waals surface area contributed by atoms with Gasteiger partial charge in [-0.2, -0.15) is 0 Å². The van der Waals surface area contributed by atoms with Crippen LogP contribution in [0.2, 0.25) is 0 Å². The highest BCUT2D eigenvalue weighted by Gasteiger charge is 2.11. The molecule has 0 spiro atoms. The van der Waals surface area contributed by atoms with Crippen LogP contribution in [0.1, 0.15) is 22.8 Å². The summed E-state index contributed by atoms with van der Waals surface area (Å²) in [5.74, 6) is 0.101. The van der Waals surface area contributed by atoms with Crippen LogP contribution < -0.4 is 4.74 Å². The van der Waals surface area contributed by atoms with E-state index in [1.54, 1.807) is 18.2 Å². The van der Waals surface area contributed by atoms with Gasteiger partial charge in [-0.1, -0.05) is 23.8 Å². The number of halogens is 1. The molecule has 0 atom stereocenters. The molecule has 98 valence electrons. The molecule has 19 heavy (non-hydrogen) atoms. The average Bonchev–Trinajstić information content (AvgIpc) is 2.39. The lowest BCUT2D eigenvalue weighted by Gasteiger charge is -2.10. The first-order valence-electron chi connectivity index (χ1n) is 6.14. The van der Waals surface area contributed by atoms with Gasteiger partial charge >= 0.3 is 0 Å². The largest absolute Gasteiger partial charge is 0.494 e. The standard InChI is InChI=1S/C16H15FO2/c1-3-19-13-6-7-14(16(17)9-13)15-8-11(2)4-5-12(15)10-18/h4-10H,3H2,1-2H3. The Hall–Kier alpha value is -2.16. The third kappa shape index (κ3) is 2.81. The Morgan fingerprint density at radius 3 is 2.58 bits per heavy atom. The van der Waals surface area contributed by atoms with Gasteiger partial charge in [0.2, 0.25) is 0 Å². The summed E-state index contributed by atoms with van der Waals surface area (Å²) in [6, 6.07) is 10.0. The second kappa shape index (κ2) is 5.65. The van der Waals surface area contributed by atoms with Crippen LogP contribution in [0.4, 0.5) is 4.39 Å². The fourth-order valence-electron chi connectivity index (χ4n) is 1.98. The van der Waals surface area contributed by atoms with Crippen molar-refractivity contribution in [1.82, 2.24) is 0 Å². The Kier molecular flexibility index (Phi) is 3.95. The van der Waals surface area contributed by atoms with E-state index in [4.69, 9.17) is 4.74 Å². The Labute approximate surface area is 111 Å². The van der Waals surface area contributed by atoms with Gasteiger partial charge in [0.25, 0.3) is 0 Å². The van der Waals surface area contributed by atoms with Crippen molar-refractivity contribution in [3.8, 4) is 16.9 Å². The third-order valence-corrected chi connectivity index (χ3v) is 2.88. The van der Waals surface area contributed by atoms with Crippen LogP contribution in [0, 0.1) is 12.7 Å². The van der Waals surface area contributed by atoms with Gasteiger partial charge in [0, 0.05) is 17.2 Å². The first-order chi connectivity index (χ1) is 9.15. The minimum Gasteiger partial charge on any atom is -0.494 e. The van der Waals surface area contributed by atoms with E-state index in [1.807, 2.05) is 26.0 Å². The Bertz CT molecular complexity index is 606. The number of benzene rings is 2. The maximum absolute atomic E-state index is 14.1. The summed E-state index contributed by atoms with van der Waals surface area (Å²) in [5, 5.41) is 0. The number of hydrogen-bond donors (Lipinski definition) is 0. The van der Waals surface area contributed by atoms with Gasteiger partial charge in [0.1, 0.15) is 11.6 Å². The fraction of sp³-hybridized carbons (Fsp3) is 0.188. The lowest BCUT2D eigenvalue weighted by Crippen LogP contribution is -1.95. The highest BCUT2D eigenvalue weighted by molar-refractivity contribution is 5.88. The van der Waals surface area contributed by atoms with E-state index >= 15 is 0 Å². The van der Waals surface area contributed by atoms with Crippen LogP contribution in [-0.4, -0.2) is 12.9 Å². The quantitative estimate of drug-likeness (QED) is 0.774. The number of aldehydes is 1. The molecule has 2 rings (SSSR count). The summed E-state index contributed by atoms with van der Waals surface area (Å²) in [5.41, 5.74) is 2.48. The van der Waals surface area contributed by atoms with Crippen molar-refractivity contribution in [2.45, 2.75) is 13.8 Å². The molecular formula is C16H15FO2. The molecular weight excluding hydrogens is 243 g/mol. The second-order valence-corrected chi connectivity index (χ2v) is 4.28. The molecule has 2 nitrogen and oxygen atoms in total. The molecule has 0 aromatic heterocycles. The predicted octanol–water partition coefficient (Wildman–Crippen LogP) is 4.01. The number of ether oxygens (including phenoxy) is 1. The van der Waals surface area contributed by atoms with Crippen LogP contribution in [0.5, 0.6) is 5.75 Å². The number of rotatable bonds is 4. The lowest BCUT2D eigenvalue weighted by atomic mass is 9.98. The molecule has 0 aliphatic carbocycles. The number of carbonyl (C=O) groups is 1. The molecule has 0 amide bonds. The number of hydrogen-bond acceptors (Lipinski definition) is 2. The minimum absolute atomic E-state index is 0.389. The van der Waals surface area contributed by atoms with E-state index < -0.39 is 0 Å². The maximum atomic E-state index is 14.1. The lowest BCUT2D eigenvalue weighted by molar-refractivity contribution is 0.112. The van der Waals surface area contributed by atoms with Crippen LogP contribution >= 0.6 is 0 Å². The Morgan fingerprint density at radius 2 is 1.95 bits per heavy atom. The molecule has 0 aliphatic rings. The molecule has 0 aliphatic heterocycles. The molecule has 3 heteroatoms. The van der Waals surface area contributed by atoms with Crippen molar-refractivity contribution < 1.29 is 13.9 Å². The third-order valence-electron chi connectivity index (χ3n) is 2.88. The van der Waals surface area contributed by atoms with Crippen molar-refractivity contribution in [2.24, 2.45) is 0 Å². The summed E-state index contributed by atoms with van der Waals surface area (Å²) in [7, 11) is 0. The van der Waals surface area contributed by atoms with Crippen molar-refractivity contribution >= 4 is 6.29 Å². The van der Waals surface area contributed by atoms with Crippen molar-refractivity contribution in [3.63, 3.8) is 0 Å². The number of carbonyl (C=O) groups excluding carboxylic acids is 1. The van der Waals surface area contributed by atoms with E-state index in [1.165, 1.54) is 6.07 Å². The van der Waals surface area contributed by atoms with Gasteiger partial charge in [0.15, 0.2) is 6.29 Å². The summed E-state index contributed by atoms with van der Waals surface area (Å²) in [6.07, 6.45) is 0.741. The van der Waals surface area contributed by atoms with Crippen molar-refractivity contribution in [3.05, 3.63) is 53.3 Å². The van der Waals surface area contributed by atoms with E-state index in [9.17, 15) is 9.18 Å². The van der Waals surface area contributed by atoms with Gasteiger partial charge in [-0.15, -0.1) is 0 Å². The zero-order valence-corrected chi connectivity index (χ0v) is 10.9. The van der Waals surface area contributed by atoms with Crippen LogP contribution in [0.15, 0.2) is 36.4 Å². The van der Waals surface area contributed by atoms with Crippen LogP contribution in [-0.2, 0) is 0 Å². The molecule has 0 radical (unpaired) electrons. The summed E-state index contributed by atoms with van der Waals surface area (Å²) < 4.78 is 19.4. The van der Waals surface area contributed by atoms with Gasteiger partial charge < -0.3 is 4.74 Å². The summed E-state index contributed by atoms with van der Waals surface area (Å²) in [6.45, 7) is 4.24. The highest BCUT2D eigenvalue weighted by atomic mass is 19.1. The zero-order valence-electron chi connectivity index (χ0n) is 10.9. The Morgan fingerprint density at radius 1 is 1.16 bits per heavy atom. The Balaban J connectivity index is 2.52. The van der Waals surface area contributed by atoms with E-state index in [2.05, 4.69) is 0 Å². The maximum Gasteiger partial charge on any atom is 0.150 e. The molecule has 2 aromatic rings. The molecule has 0 saturated carbocycles. The molecule has 2 aromatic carbocycles.